The Labute approximate surface area is 189 Å². The van der Waals surface area contributed by atoms with Crippen molar-refractivity contribution in [2.75, 3.05) is 13.3 Å². The Kier molecular flexibility index (Phi) is 14.8. The Bertz CT molecular complexity index is 767. The summed E-state index contributed by atoms with van der Waals surface area (Å²) in [6.07, 6.45) is 13.5. The molecule has 0 spiro atoms. The third-order valence-electron chi connectivity index (χ3n) is 4.82. The van der Waals surface area contributed by atoms with E-state index in [1.54, 1.807) is 0 Å². The van der Waals surface area contributed by atoms with Crippen LogP contribution in [0.5, 0.6) is 0 Å². The van der Waals surface area contributed by atoms with E-state index in [0.717, 1.165) is 56.3 Å². The molecule has 0 aromatic carbocycles. The van der Waals surface area contributed by atoms with Gasteiger partial charge in [0.05, 0.1) is 6.61 Å². The number of phosphoric acid groups is 1. The van der Waals surface area contributed by atoms with Crippen molar-refractivity contribution >= 4 is 15.4 Å². The van der Waals surface area contributed by atoms with Crippen molar-refractivity contribution in [1.82, 2.24) is 0 Å². The molecule has 2 unspecified atom stereocenters. The van der Waals surface area contributed by atoms with Crippen LogP contribution in [-0.2, 0) is 18.0 Å². The van der Waals surface area contributed by atoms with Crippen LogP contribution in [0.1, 0.15) is 86.5 Å². The molecular formula is C23H42O6P2. The van der Waals surface area contributed by atoms with Crippen LogP contribution in [0.15, 0.2) is 46.1 Å². The number of phosphoric ester groups is 1. The van der Waals surface area contributed by atoms with Gasteiger partial charge in [-0.15, -0.1) is 0 Å². The minimum atomic E-state index is -4.56. The van der Waals surface area contributed by atoms with Crippen LogP contribution in [0.4, 0.5) is 0 Å². The lowest BCUT2D eigenvalue weighted by Crippen LogP contribution is -2.01. The molecule has 0 saturated carbocycles. The molecule has 0 aliphatic rings. The second-order valence-corrected chi connectivity index (χ2v) is 11.8. The van der Waals surface area contributed by atoms with Crippen molar-refractivity contribution in [3.05, 3.63) is 46.1 Å². The first-order valence-electron chi connectivity index (χ1n) is 10.9. The van der Waals surface area contributed by atoms with E-state index in [0.29, 0.717) is 6.42 Å². The number of allylic oxidation sites excluding steroid dienone is 7. The van der Waals surface area contributed by atoms with Gasteiger partial charge in [0.25, 0.3) is 0 Å². The van der Waals surface area contributed by atoms with Crippen molar-refractivity contribution < 1.29 is 27.8 Å². The summed E-state index contributed by atoms with van der Waals surface area (Å²) in [6, 6.07) is 0. The molecule has 2 N–H and O–H groups in total. The van der Waals surface area contributed by atoms with Gasteiger partial charge >= 0.3 is 15.4 Å². The summed E-state index contributed by atoms with van der Waals surface area (Å²) < 4.78 is 32.1. The van der Waals surface area contributed by atoms with Gasteiger partial charge in [-0.2, -0.15) is 0 Å². The SMILES string of the molecule is CCC(COP(=O)(O)OP(C)(=O)O)=C(C)CC/C=C(\C)CC/C=C(\C)CCC=C(C)C. The van der Waals surface area contributed by atoms with Gasteiger partial charge in [-0.05, 0) is 85.1 Å². The summed E-state index contributed by atoms with van der Waals surface area (Å²) in [5, 5.41) is 0. The molecule has 0 fully saturated rings. The summed E-state index contributed by atoms with van der Waals surface area (Å²) in [6.45, 7) is 13.2. The molecule has 0 aromatic rings. The highest BCUT2D eigenvalue weighted by Gasteiger charge is 2.30. The first kappa shape index (κ1) is 30.3. The fourth-order valence-corrected chi connectivity index (χ4v) is 4.99. The lowest BCUT2D eigenvalue weighted by Gasteiger charge is -2.16. The number of hydrogen-bond acceptors (Lipinski definition) is 4. The monoisotopic (exact) mass is 476 g/mol. The maximum absolute atomic E-state index is 11.8. The van der Waals surface area contributed by atoms with Crippen LogP contribution in [0, 0.1) is 0 Å². The van der Waals surface area contributed by atoms with E-state index < -0.39 is 15.4 Å². The lowest BCUT2D eigenvalue weighted by molar-refractivity contribution is 0.209. The predicted molar refractivity (Wildman–Crippen MR) is 130 cm³/mol. The highest BCUT2D eigenvalue weighted by molar-refractivity contribution is 7.63. The molecule has 0 aromatic heterocycles. The molecule has 180 valence electrons. The second kappa shape index (κ2) is 15.2. The van der Waals surface area contributed by atoms with Gasteiger partial charge in [0.2, 0.25) is 0 Å². The molecule has 0 amide bonds. The predicted octanol–water partition coefficient (Wildman–Crippen LogP) is 7.86. The first-order chi connectivity index (χ1) is 14.3. The largest absolute Gasteiger partial charge is 0.479 e. The van der Waals surface area contributed by atoms with E-state index >= 15 is 0 Å². The van der Waals surface area contributed by atoms with Gasteiger partial charge in [-0.1, -0.05) is 47.4 Å². The van der Waals surface area contributed by atoms with Gasteiger partial charge in [0.1, 0.15) is 0 Å². The van der Waals surface area contributed by atoms with Crippen molar-refractivity contribution in [2.24, 2.45) is 0 Å². The van der Waals surface area contributed by atoms with Crippen LogP contribution in [-0.4, -0.2) is 23.1 Å². The van der Waals surface area contributed by atoms with Crippen molar-refractivity contribution in [1.29, 1.82) is 0 Å². The van der Waals surface area contributed by atoms with E-state index in [9.17, 15) is 14.0 Å². The van der Waals surface area contributed by atoms with Gasteiger partial charge in [0.15, 0.2) is 0 Å². The maximum atomic E-state index is 11.8. The average Bonchev–Trinajstić information content (AvgIpc) is 2.59. The summed E-state index contributed by atoms with van der Waals surface area (Å²) >= 11 is 0. The molecular weight excluding hydrogens is 434 g/mol. The molecule has 2 atom stereocenters. The minimum absolute atomic E-state index is 0.102. The quantitative estimate of drug-likeness (QED) is 0.185. The van der Waals surface area contributed by atoms with E-state index in [1.807, 2.05) is 13.8 Å². The smallest absolute Gasteiger partial charge is 0.324 e. The second-order valence-electron chi connectivity index (χ2n) is 8.36. The zero-order chi connectivity index (χ0) is 24.1. The molecule has 31 heavy (non-hydrogen) atoms. The summed E-state index contributed by atoms with van der Waals surface area (Å²) in [5.41, 5.74) is 6.13. The normalized spacial score (nSPS) is 17.6. The van der Waals surface area contributed by atoms with Gasteiger partial charge in [0, 0.05) is 6.66 Å². The Morgan fingerprint density at radius 3 is 1.77 bits per heavy atom. The van der Waals surface area contributed by atoms with Gasteiger partial charge < -0.3 is 9.79 Å². The fourth-order valence-electron chi connectivity index (χ4n) is 2.95. The van der Waals surface area contributed by atoms with Crippen LogP contribution in [0.3, 0.4) is 0 Å². The third-order valence-corrected chi connectivity index (χ3v) is 7.31. The standard InChI is InChI=1S/C23H42O6P2/c1-8-23(18-28-31(26,27)29-30(7,24)25)22(6)17-11-16-21(5)15-10-14-20(4)13-9-12-19(2)3/h12,14,16H,8-11,13,15,17-18H2,1-7H3,(H,24,25)(H,26,27)/b20-14+,21-16+,23-22?. The highest BCUT2D eigenvalue weighted by Crippen LogP contribution is 2.58. The molecule has 0 rings (SSSR count). The van der Waals surface area contributed by atoms with E-state index in [2.05, 4.69) is 50.2 Å². The fraction of sp³-hybridized carbons (Fsp3) is 0.652. The summed E-state index contributed by atoms with van der Waals surface area (Å²) in [4.78, 5) is 18.7. The number of rotatable bonds is 15. The van der Waals surface area contributed by atoms with Crippen LogP contribution < -0.4 is 0 Å². The molecule has 0 aliphatic heterocycles. The van der Waals surface area contributed by atoms with E-state index in [4.69, 9.17) is 9.42 Å². The minimum Gasteiger partial charge on any atom is -0.324 e. The summed E-state index contributed by atoms with van der Waals surface area (Å²) in [7, 11) is -8.67. The molecule has 0 saturated heterocycles. The average molecular weight is 477 g/mol. The highest BCUT2D eigenvalue weighted by atomic mass is 31.3. The third kappa shape index (κ3) is 17.5. The van der Waals surface area contributed by atoms with Gasteiger partial charge in [-0.3, -0.25) is 9.09 Å². The Balaban J connectivity index is 4.55. The maximum Gasteiger partial charge on any atom is 0.479 e. The van der Waals surface area contributed by atoms with Crippen LogP contribution >= 0.6 is 15.4 Å². The Hall–Kier alpha value is -0.740. The Morgan fingerprint density at radius 2 is 1.32 bits per heavy atom. The van der Waals surface area contributed by atoms with E-state index in [-0.39, 0.29) is 6.61 Å². The van der Waals surface area contributed by atoms with Crippen molar-refractivity contribution in [2.45, 2.75) is 86.5 Å². The first-order valence-corrected chi connectivity index (χ1v) is 14.4. The van der Waals surface area contributed by atoms with E-state index in [1.165, 1.54) is 16.7 Å². The van der Waals surface area contributed by atoms with Crippen LogP contribution in [0.25, 0.3) is 0 Å². The molecule has 6 nitrogen and oxygen atoms in total. The zero-order valence-corrected chi connectivity index (χ0v) is 22.1. The summed E-state index contributed by atoms with van der Waals surface area (Å²) in [5.74, 6) is 0. The zero-order valence-electron chi connectivity index (χ0n) is 20.3. The lowest BCUT2D eigenvalue weighted by atomic mass is 10.0. The topological polar surface area (TPSA) is 93.1 Å². The van der Waals surface area contributed by atoms with Crippen molar-refractivity contribution in [3.63, 3.8) is 0 Å². The molecule has 8 heteroatoms. The van der Waals surface area contributed by atoms with Crippen LogP contribution in [0.2, 0.25) is 0 Å². The molecule has 0 heterocycles. The number of hydrogen-bond donors (Lipinski definition) is 2. The van der Waals surface area contributed by atoms with Gasteiger partial charge in [-0.25, -0.2) is 8.88 Å². The van der Waals surface area contributed by atoms with Crippen molar-refractivity contribution in [3.8, 4) is 0 Å². The Morgan fingerprint density at radius 1 is 0.839 bits per heavy atom. The molecule has 0 aliphatic carbocycles. The molecule has 0 radical (unpaired) electrons. The molecule has 0 bridgehead atoms.